The summed E-state index contributed by atoms with van der Waals surface area (Å²) in [5, 5.41) is 0.720. The molecule has 0 saturated carbocycles. The molecule has 1 atom stereocenters. The van der Waals surface area contributed by atoms with Crippen molar-refractivity contribution in [1.82, 2.24) is 0 Å². The van der Waals surface area contributed by atoms with E-state index in [1.165, 1.54) is 12.8 Å². The van der Waals surface area contributed by atoms with E-state index in [9.17, 15) is 0 Å². The lowest BCUT2D eigenvalue weighted by molar-refractivity contribution is 0.0894. The first-order chi connectivity index (χ1) is 7.63. The van der Waals surface area contributed by atoms with Gasteiger partial charge in [-0.3, -0.25) is 0 Å². The maximum atomic E-state index is 6.04. The van der Waals surface area contributed by atoms with Gasteiger partial charge in [-0.15, -0.1) is 0 Å². The van der Waals surface area contributed by atoms with E-state index < -0.39 is 0 Å². The summed E-state index contributed by atoms with van der Waals surface area (Å²) in [4.78, 5) is 0. The third-order valence-corrected chi connectivity index (χ3v) is 2.88. The van der Waals surface area contributed by atoms with Crippen molar-refractivity contribution < 1.29 is 4.74 Å². The van der Waals surface area contributed by atoms with Gasteiger partial charge in [0.15, 0.2) is 0 Å². The Kier molecular flexibility index (Phi) is 5.64. The van der Waals surface area contributed by atoms with Gasteiger partial charge in [-0.25, -0.2) is 0 Å². The highest BCUT2D eigenvalue weighted by atomic mass is 35.5. The number of hydrogen-bond donors (Lipinski definition) is 1. The highest BCUT2D eigenvalue weighted by Gasteiger charge is 2.04. The molecule has 0 radical (unpaired) electrons. The van der Waals surface area contributed by atoms with E-state index in [2.05, 4.69) is 13.8 Å². The number of nitrogens with two attached hydrogens (primary N) is 1. The molecule has 0 heterocycles. The average molecular weight is 242 g/mol. The number of benzene rings is 1. The van der Waals surface area contributed by atoms with Crippen molar-refractivity contribution in [2.75, 3.05) is 12.3 Å². The van der Waals surface area contributed by atoms with E-state index >= 15 is 0 Å². The van der Waals surface area contributed by atoms with Crippen LogP contribution in [0.2, 0.25) is 5.02 Å². The maximum Gasteiger partial charge on any atom is 0.0732 e. The molecule has 1 unspecified atom stereocenters. The highest BCUT2D eigenvalue weighted by molar-refractivity contribution is 6.31. The molecule has 0 aromatic heterocycles. The van der Waals surface area contributed by atoms with Gasteiger partial charge in [0.1, 0.15) is 0 Å². The van der Waals surface area contributed by atoms with E-state index in [0.29, 0.717) is 12.5 Å². The first kappa shape index (κ1) is 13.3. The Labute approximate surface area is 103 Å². The lowest BCUT2D eigenvalue weighted by Gasteiger charge is -2.11. The van der Waals surface area contributed by atoms with Gasteiger partial charge in [-0.1, -0.05) is 31.9 Å². The van der Waals surface area contributed by atoms with Gasteiger partial charge in [-0.05, 0) is 36.1 Å². The van der Waals surface area contributed by atoms with Crippen LogP contribution in [0, 0.1) is 5.92 Å². The molecule has 0 amide bonds. The van der Waals surface area contributed by atoms with Gasteiger partial charge in [-0.2, -0.15) is 0 Å². The predicted molar refractivity (Wildman–Crippen MR) is 69.6 cm³/mol. The van der Waals surface area contributed by atoms with Crippen molar-refractivity contribution in [1.29, 1.82) is 0 Å². The summed E-state index contributed by atoms with van der Waals surface area (Å²) in [6, 6.07) is 5.48. The summed E-state index contributed by atoms with van der Waals surface area (Å²) >= 11 is 6.04. The van der Waals surface area contributed by atoms with Crippen molar-refractivity contribution in [2.45, 2.75) is 33.3 Å². The third-order valence-electron chi connectivity index (χ3n) is 2.51. The normalized spacial score (nSPS) is 12.7. The molecule has 0 fully saturated rings. The SMILES string of the molecule is CCCC(C)COCc1cc(N)ccc1Cl. The summed E-state index contributed by atoms with van der Waals surface area (Å²) in [7, 11) is 0. The van der Waals surface area contributed by atoms with E-state index in [1.807, 2.05) is 12.1 Å². The monoisotopic (exact) mass is 241 g/mol. The summed E-state index contributed by atoms with van der Waals surface area (Å²) in [6.45, 7) is 5.70. The number of ether oxygens (including phenoxy) is 1. The topological polar surface area (TPSA) is 35.2 Å². The standard InChI is InChI=1S/C13H20ClNO/c1-3-4-10(2)8-16-9-11-7-12(15)5-6-13(11)14/h5-7,10H,3-4,8-9,15H2,1-2H3. The maximum absolute atomic E-state index is 6.04. The van der Waals surface area contributed by atoms with Gasteiger partial charge in [0, 0.05) is 17.3 Å². The van der Waals surface area contributed by atoms with Gasteiger partial charge < -0.3 is 10.5 Å². The Balaban J connectivity index is 2.39. The van der Waals surface area contributed by atoms with Gasteiger partial charge >= 0.3 is 0 Å². The molecular formula is C13H20ClNO. The fourth-order valence-corrected chi connectivity index (χ4v) is 1.82. The lowest BCUT2D eigenvalue weighted by atomic mass is 10.1. The van der Waals surface area contributed by atoms with Gasteiger partial charge in [0.2, 0.25) is 0 Å². The van der Waals surface area contributed by atoms with Crippen molar-refractivity contribution in [2.24, 2.45) is 5.92 Å². The quantitative estimate of drug-likeness (QED) is 0.768. The van der Waals surface area contributed by atoms with Gasteiger partial charge in [0.05, 0.1) is 6.61 Å². The Hall–Kier alpha value is -0.730. The molecule has 0 aliphatic rings. The molecule has 0 bridgehead atoms. The lowest BCUT2D eigenvalue weighted by Crippen LogP contribution is -2.06. The molecule has 0 spiro atoms. The van der Waals surface area contributed by atoms with Crippen LogP contribution in [0.3, 0.4) is 0 Å². The number of hydrogen-bond acceptors (Lipinski definition) is 2. The largest absolute Gasteiger partial charge is 0.399 e. The molecule has 0 saturated heterocycles. The second-order valence-electron chi connectivity index (χ2n) is 4.26. The Morgan fingerprint density at radius 3 is 2.88 bits per heavy atom. The molecule has 0 aliphatic heterocycles. The fraction of sp³-hybridized carbons (Fsp3) is 0.538. The number of nitrogen functional groups attached to an aromatic ring is 1. The molecule has 1 aromatic carbocycles. The zero-order chi connectivity index (χ0) is 12.0. The van der Waals surface area contributed by atoms with Crippen LogP contribution in [0.25, 0.3) is 0 Å². The Bertz CT molecular complexity index is 328. The molecule has 90 valence electrons. The zero-order valence-corrected chi connectivity index (χ0v) is 10.8. The smallest absolute Gasteiger partial charge is 0.0732 e. The van der Waals surface area contributed by atoms with Crippen LogP contribution in [0.15, 0.2) is 18.2 Å². The van der Waals surface area contributed by atoms with Crippen molar-refractivity contribution >= 4 is 17.3 Å². The molecule has 1 aromatic rings. The second kappa shape index (κ2) is 6.77. The second-order valence-corrected chi connectivity index (χ2v) is 4.67. The van der Waals surface area contributed by atoms with Crippen molar-refractivity contribution in [3.8, 4) is 0 Å². The fourth-order valence-electron chi connectivity index (χ4n) is 1.65. The number of halogens is 1. The van der Waals surface area contributed by atoms with E-state index in [0.717, 1.165) is 22.9 Å². The van der Waals surface area contributed by atoms with Crippen molar-refractivity contribution in [3.63, 3.8) is 0 Å². The van der Waals surface area contributed by atoms with Crippen LogP contribution in [0.1, 0.15) is 32.3 Å². The minimum absolute atomic E-state index is 0.540. The molecule has 0 aliphatic carbocycles. The zero-order valence-electron chi connectivity index (χ0n) is 10.0. The van der Waals surface area contributed by atoms with E-state index in [1.54, 1.807) is 6.07 Å². The molecule has 3 heteroatoms. The molecule has 2 N–H and O–H groups in total. The molecule has 16 heavy (non-hydrogen) atoms. The number of anilines is 1. The first-order valence-corrected chi connectivity index (χ1v) is 6.13. The first-order valence-electron chi connectivity index (χ1n) is 5.75. The van der Waals surface area contributed by atoms with Gasteiger partial charge in [0.25, 0.3) is 0 Å². The third kappa shape index (κ3) is 4.42. The summed E-state index contributed by atoms with van der Waals surface area (Å²) in [5.41, 5.74) is 7.38. The van der Waals surface area contributed by atoms with E-state index in [4.69, 9.17) is 22.1 Å². The number of rotatable bonds is 6. The average Bonchev–Trinajstić information content (AvgIpc) is 2.23. The highest BCUT2D eigenvalue weighted by Crippen LogP contribution is 2.20. The summed E-state index contributed by atoms with van der Waals surface area (Å²) in [5.74, 6) is 0.602. The molecular weight excluding hydrogens is 222 g/mol. The van der Waals surface area contributed by atoms with Crippen LogP contribution >= 0.6 is 11.6 Å². The predicted octanol–water partition coefficient (Wildman–Crippen LogP) is 3.88. The van der Waals surface area contributed by atoms with Crippen LogP contribution in [-0.2, 0) is 11.3 Å². The summed E-state index contributed by atoms with van der Waals surface area (Å²) in [6.07, 6.45) is 2.40. The Morgan fingerprint density at radius 1 is 1.44 bits per heavy atom. The minimum Gasteiger partial charge on any atom is -0.399 e. The van der Waals surface area contributed by atoms with Crippen LogP contribution in [-0.4, -0.2) is 6.61 Å². The van der Waals surface area contributed by atoms with E-state index in [-0.39, 0.29) is 0 Å². The molecule has 2 nitrogen and oxygen atoms in total. The summed E-state index contributed by atoms with van der Waals surface area (Å²) < 4.78 is 5.63. The Morgan fingerprint density at radius 2 is 2.19 bits per heavy atom. The minimum atomic E-state index is 0.540. The van der Waals surface area contributed by atoms with Crippen LogP contribution in [0.5, 0.6) is 0 Å². The van der Waals surface area contributed by atoms with Crippen molar-refractivity contribution in [3.05, 3.63) is 28.8 Å². The van der Waals surface area contributed by atoms with Crippen LogP contribution < -0.4 is 5.73 Å². The van der Waals surface area contributed by atoms with Crippen LogP contribution in [0.4, 0.5) is 5.69 Å². The molecule has 1 rings (SSSR count).